The number of pyridine rings is 1. The van der Waals surface area contributed by atoms with Crippen LogP contribution < -0.4 is 0 Å². The van der Waals surface area contributed by atoms with Gasteiger partial charge >= 0.3 is 0 Å². The molecule has 0 saturated heterocycles. The highest BCUT2D eigenvalue weighted by Crippen LogP contribution is 2.34. The van der Waals surface area contributed by atoms with Gasteiger partial charge in [0, 0.05) is 29.4 Å². The monoisotopic (exact) mass is 239 g/mol. The van der Waals surface area contributed by atoms with E-state index >= 15 is 0 Å². The molecule has 90 valence electrons. The van der Waals surface area contributed by atoms with Crippen LogP contribution in [0.3, 0.4) is 0 Å². The zero-order valence-electron chi connectivity index (χ0n) is 9.84. The van der Waals surface area contributed by atoms with E-state index in [0.29, 0.717) is 18.4 Å². The summed E-state index contributed by atoms with van der Waals surface area (Å²) >= 11 is 0. The van der Waals surface area contributed by atoms with E-state index < -0.39 is 0 Å². The molecule has 1 N–H and O–H groups in total. The molecule has 1 heterocycles. The number of phenols is 1. The minimum atomic E-state index is -0.0595. The van der Waals surface area contributed by atoms with Gasteiger partial charge in [0.2, 0.25) is 0 Å². The molecule has 0 bridgehead atoms. The first-order chi connectivity index (χ1) is 8.75. The fraction of sp³-hybridized carbons (Fsp3) is 0.200. The third-order valence-electron chi connectivity index (χ3n) is 3.47. The molecule has 1 aromatic carbocycles. The minimum Gasteiger partial charge on any atom is -0.508 e. The molecule has 2 aromatic rings. The highest BCUT2D eigenvalue weighted by Gasteiger charge is 2.32. The van der Waals surface area contributed by atoms with Gasteiger partial charge < -0.3 is 5.11 Å². The number of carbonyl (C=O) groups is 1. The molecule has 3 nitrogen and oxygen atoms in total. The first kappa shape index (κ1) is 11.0. The summed E-state index contributed by atoms with van der Waals surface area (Å²) in [4.78, 5) is 16.2. The first-order valence-corrected chi connectivity index (χ1v) is 5.99. The molecule has 3 rings (SSSR count). The van der Waals surface area contributed by atoms with Gasteiger partial charge in [-0.05, 0) is 36.6 Å². The zero-order chi connectivity index (χ0) is 12.5. The van der Waals surface area contributed by atoms with Crippen molar-refractivity contribution in [3.8, 4) is 5.75 Å². The summed E-state index contributed by atoms with van der Waals surface area (Å²) in [6.07, 6.45) is 4.80. The Hall–Kier alpha value is -2.16. The lowest BCUT2D eigenvalue weighted by molar-refractivity contribution is 0.0936. The number of Topliss-reactive ketones (excluding diaryl/α,β-unsaturated/α-hetero) is 1. The Bertz CT molecular complexity index is 593. The van der Waals surface area contributed by atoms with Crippen molar-refractivity contribution in [3.63, 3.8) is 0 Å². The molecule has 18 heavy (non-hydrogen) atoms. The Balaban J connectivity index is 1.87. The van der Waals surface area contributed by atoms with Gasteiger partial charge in [0.1, 0.15) is 5.75 Å². The highest BCUT2D eigenvalue weighted by molar-refractivity contribution is 6.03. The molecule has 0 unspecified atom stereocenters. The lowest BCUT2D eigenvalue weighted by Gasteiger charge is -2.07. The first-order valence-electron chi connectivity index (χ1n) is 5.99. The van der Waals surface area contributed by atoms with Crippen LogP contribution in [0.1, 0.15) is 21.5 Å². The second-order valence-electron chi connectivity index (χ2n) is 4.63. The largest absolute Gasteiger partial charge is 0.508 e. The van der Waals surface area contributed by atoms with Gasteiger partial charge in [-0.15, -0.1) is 0 Å². The van der Waals surface area contributed by atoms with Gasteiger partial charge in [-0.2, -0.15) is 0 Å². The van der Waals surface area contributed by atoms with Gasteiger partial charge in [-0.3, -0.25) is 9.78 Å². The molecule has 3 heteroatoms. The fourth-order valence-electron chi connectivity index (χ4n) is 2.55. The second kappa shape index (κ2) is 4.26. The molecule has 1 aliphatic rings. The van der Waals surface area contributed by atoms with Crippen molar-refractivity contribution in [2.45, 2.75) is 12.8 Å². The molecule has 0 spiro atoms. The summed E-state index contributed by atoms with van der Waals surface area (Å²) < 4.78 is 0. The van der Waals surface area contributed by atoms with E-state index in [1.165, 1.54) is 0 Å². The van der Waals surface area contributed by atoms with Gasteiger partial charge in [-0.1, -0.05) is 12.1 Å². The van der Waals surface area contributed by atoms with Gasteiger partial charge in [0.15, 0.2) is 5.78 Å². The van der Waals surface area contributed by atoms with Crippen LogP contribution in [0, 0.1) is 5.92 Å². The van der Waals surface area contributed by atoms with Crippen LogP contribution in [0.15, 0.2) is 42.7 Å². The molecule has 0 saturated carbocycles. The molecule has 0 aliphatic heterocycles. The third-order valence-corrected chi connectivity index (χ3v) is 3.47. The average molecular weight is 239 g/mol. The SMILES string of the molecule is O=C1c2cccc(O)c2C[C@@H]1Cc1ccncc1. The maximum Gasteiger partial charge on any atom is 0.167 e. The Labute approximate surface area is 105 Å². The van der Waals surface area contributed by atoms with Crippen molar-refractivity contribution in [3.05, 3.63) is 59.4 Å². The second-order valence-corrected chi connectivity index (χ2v) is 4.63. The van der Waals surface area contributed by atoms with E-state index in [1.54, 1.807) is 30.6 Å². The van der Waals surface area contributed by atoms with E-state index in [2.05, 4.69) is 4.98 Å². The van der Waals surface area contributed by atoms with Crippen molar-refractivity contribution >= 4 is 5.78 Å². The van der Waals surface area contributed by atoms with E-state index in [1.807, 2.05) is 12.1 Å². The number of carbonyl (C=O) groups excluding carboxylic acids is 1. The normalized spacial score (nSPS) is 17.8. The predicted octanol–water partition coefficient (Wildman–Crippen LogP) is 2.38. The Morgan fingerprint density at radius 2 is 2.00 bits per heavy atom. The van der Waals surface area contributed by atoms with E-state index in [4.69, 9.17) is 0 Å². The van der Waals surface area contributed by atoms with Crippen LogP contribution in [0.25, 0.3) is 0 Å². The number of nitrogens with zero attached hydrogens (tertiary/aromatic N) is 1. The van der Waals surface area contributed by atoms with Crippen LogP contribution >= 0.6 is 0 Å². The van der Waals surface area contributed by atoms with Gasteiger partial charge in [-0.25, -0.2) is 0 Å². The summed E-state index contributed by atoms with van der Waals surface area (Å²) in [5.74, 6) is 0.312. The molecule has 1 atom stereocenters. The summed E-state index contributed by atoms with van der Waals surface area (Å²) in [6.45, 7) is 0. The number of phenolic OH excluding ortho intramolecular Hbond substituents is 1. The lowest BCUT2D eigenvalue weighted by atomic mass is 9.96. The van der Waals surface area contributed by atoms with Gasteiger partial charge in [0.05, 0.1) is 0 Å². The molecule has 1 aromatic heterocycles. The smallest absolute Gasteiger partial charge is 0.167 e. The number of rotatable bonds is 2. The van der Waals surface area contributed by atoms with E-state index in [0.717, 1.165) is 11.1 Å². The number of aromatic hydroxyl groups is 1. The van der Waals surface area contributed by atoms with Crippen molar-refractivity contribution in [1.29, 1.82) is 0 Å². The predicted molar refractivity (Wildman–Crippen MR) is 67.6 cm³/mol. The Morgan fingerprint density at radius 1 is 1.22 bits per heavy atom. The number of benzene rings is 1. The molecule has 1 aliphatic carbocycles. The van der Waals surface area contributed by atoms with E-state index in [-0.39, 0.29) is 17.5 Å². The van der Waals surface area contributed by atoms with Crippen LogP contribution in [0.5, 0.6) is 5.75 Å². The summed E-state index contributed by atoms with van der Waals surface area (Å²) in [5, 5.41) is 9.77. The van der Waals surface area contributed by atoms with E-state index in [9.17, 15) is 9.90 Å². The highest BCUT2D eigenvalue weighted by atomic mass is 16.3. The zero-order valence-corrected chi connectivity index (χ0v) is 9.84. The number of hydrogen-bond donors (Lipinski definition) is 1. The molecular weight excluding hydrogens is 226 g/mol. The van der Waals surface area contributed by atoms with Crippen molar-refractivity contribution in [2.24, 2.45) is 5.92 Å². The quantitative estimate of drug-likeness (QED) is 0.875. The standard InChI is InChI=1S/C15H13NO2/c17-14-3-1-2-12-13(14)9-11(15(12)18)8-10-4-6-16-7-5-10/h1-7,11,17H,8-9H2/t11-/m0/s1. The number of aromatic nitrogens is 1. The number of hydrogen-bond acceptors (Lipinski definition) is 3. The summed E-state index contributed by atoms with van der Waals surface area (Å²) in [6, 6.07) is 9.01. The minimum absolute atomic E-state index is 0.0595. The molecule has 0 radical (unpaired) electrons. The number of fused-ring (bicyclic) bond motifs is 1. The van der Waals surface area contributed by atoms with Crippen LogP contribution in [-0.4, -0.2) is 15.9 Å². The van der Waals surface area contributed by atoms with Crippen molar-refractivity contribution < 1.29 is 9.90 Å². The molecular formula is C15H13NO2. The summed E-state index contributed by atoms with van der Waals surface area (Å²) in [7, 11) is 0. The van der Waals surface area contributed by atoms with Crippen molar-refractivity contribution in [2.75, 3.05) is 0 Å². The van der Waals surface area contributed by atoms with Gasteiger partial charge in [0.25, 0.3) is 0 Å². The average Bonchev–Trinajstić information content (AvgIpc) is 2.70. The Morgan fingerprint density at radius 3 is 2.72 bits per heavy atom. The molecule has 0 amide bonds. The maximum absolute atomic E-state index is 12.2. The van der Waals surface area contributed by atoms with Crippen LogP contribution in [0.4, 0.5) is 0 Å². The summed E-state index contributed by atoms with van der Waals surface area (Å²) in [5.41, 5.74) is 2.58. The van der Waals surface area contributed by atoms with Crippen LogP contribution in [-0.2, 0) is 12.8 Å². The number of ketones is 1. The third kappa shape index (κ3) is 1.78. The maximum atomic E-state index is 12.2. The lowest BCUT2D eigenvalue weighted by Crippen LogP contribution is -2.12. The van der Waals surface area contributed by atoms with Crippen LogP contribution in [0.2, 0.25) is 0 Å². The topological polar surface area (TPSA) is 50.2 Å². The molecule has 0 fully saturated rings. The fourth-order valence-corrected chi connectivity index (χ4v) is 2.55. The van der Waals surface area contributed by atoms with Crippen molar-refractivity contribution in [1.82, 2.24) is 4.98 Å². The Kier molecular flexibility index (Phi) is 2.59.